The predicted octanol–water partition coefficient (Wildman–Crippen LogP) is 5.07. The van der Waals surface area contributed by atoms with Crippen molar-refractivity contribution in [2.75, 3.05) is 0 Å². The summed E-state index contributed by atoms with van der Waals surface area (Å²) >= 11 is 0. The van der Waals surface area contributed by atoms with Crippen LogP contribution in [0.1, 0.15) is 82.5 Å². The van der Waals surface area contributed by atoms with Gasteiger partial charge in [-0.05, 0) is 100 Å². The Morgan fingerprint density at radius 3 is 2.34 bits per heavy atom. The van der Waals surface area contributed by atoms with Gasteiger partial charge in [-0.15, -0.1) is 0 Å². The second-order valence-corrected chi connectivity index (χ2v) is 11.8. The molecular formula is C27H36O5. The highest BCUT2D eigenvalue weighted by molar-refractivity contribution is 5.89. The molecule has 2 bridgehead atoms. The molecule has 0 radical (unpaired) electrons. The monoisotopic (exact) mass is 440 g/mol. The topological polar surface area (TPSA) is 83.8 Å². The third kappa shape index (κ3) is 2.85. The van der Waals surface area contributed by atoms with E-state index in [-0.39, 0.29) is 28.6 Å². The number of hydrogen-bond donors (Lipinski definition) is 2. The van der Waals surface area contributed by atoms with E-state index in [0.717, 1.165) is 38.5 Å². The lowest BCUT2D eigenvalue weighted by Crippen LogP contribution is -2.61. The van der Waals surface area contributed by atoms with Crippen LogP contribution >= 0.6 is 0 Å². The number of carbonyl (C=O) groups excluding carboxylic acids is 1. The van der Waals surface area contributed by atoms with Gasteiger partial charge in [0.2, 0.25) is 0 Å². The summed E-state index contributed by atoms with van der Waals surface area (Å²) in [7, 11) is 0. The molecule has 5 heteroatoms. The number of carbonyl (C=O) groups is 2. The summed E-state index contributed by atoms with van der Waals surface area (Å²) in [4.78, 5) is 25.6. The van der Waals surface area contributed by atoms with Crippen molar-refractivity contribution in [3.8, 4) is 0 Å². The van der Waals surface area contributed by atoms with E-state index >= 15 is 0 Å². The van der Waals surface area contributed by atoms with E-state index in [1.54, 1.807) is 12.1 Å². The largest absolute Gasteiger partial charge is 0.481 e. The van der Waals surface area contributed by atoms with Gasteiger partial charge >= 0.3 is 11.9 Å². The second kappa shape index (κ2) is 7.06. The molecule has 0 aliphatic heterocycles. The number of rotatable bonds is 3. The molecule has 0 saturated heterocycles. The van der Waals surface area contributed by atoms with Crippen molar-refractivity contribution in [2.24, 2.45) is 34.0 Å². The highest BCUT2D eigenvalue weighted by atomic mass is 16.5. The molecule has 8 atom stereocenters. The summed E-state index contributed by atoms with van der Waals surface area (Å²) in [6, 6.07) is 9.01. The first-order valence-electron chi connectivity index (χ1n) is 12.3. The van der Waals surface area contributed by atoms with Gasteiger partial charge in [-0.1, -0.05) is 25.1 Å². The molecular weight excluding hydrogens is 404 g/mol. The first kappa shape index (κ1) is 21.9. The smallest absolute Gasteiger partial charge is 0.338 e. The maximum atomic E-state index is 13.1. The van der Waals surface area contributed by atoms with Gasteiger partial charge in [0.15, 0.2) is 0 Å². The maximum absolute atomic E-state index is 13.1. The zero-order valence-corrected chi connectivity index (χ0v) is 19.5. The first-order chi connectivity index (χ1) is 15.0. The molecule has 0 heterocycles. The maximum Gasteiger partial charge on any atom is 0.338 e. The number of benzene rings is 1. The fourth-order valence-electron chi connectivity index (χ4n) is 8.72. The minimum atomic E-state index is -0.915. The van der Waals surface area contributed by atoms with Gasteiger partial charge in [-0.25, -0.2) is 4.79 Å². The van der Waals surface area contributed by atoms with Gasteiger partial charge in [0.25, 0.3) is 0 Å². The third-order valence-corrected chi connectivity index (χ3v) is 10.6. The molecule has 5 aliphatic carbocycles. The van der Waals surface area contributed by atoms with Crippen molar-refractivity contribution in [2.45, 2.75) is 83.8 Å². The Hall–Kier alpha value is -1.88. The molecule has 1 spiro atoms. The normalized spacial score (nSPS) is 47.2. The van der Waals surface area contributed by atoms with E-state index in [2.05, 4.69) is 6.92 Å². The lowest BCUT2D eigenvalue weighted by atomic mass is 9.42. The fraction of sp³-hybridized carbons (Fsp3) is 0.704. The van der Waals surface area contributed by atoms with Crippen molar-refractivity contribution in [1.82, 2.24) is 0 Å². The summed E-state index contributed by atoms with van der Waals surface area (Å²) in [6.07, 6.45) is 6.42. The molecule has 5 fully saturated rings. The highest BCUT2D eigenvalue weighted by Gasteiger charge is 2.72. The SMILES string of the molecule is C[C@@]1(C(=O)O)CC[C@@]2(C)[C@H]1[C@H](OC(=O)c1ccccc1)C[C@H]1C[C@@H]3CCC12CC[C@@]3(C)O. The summed E-state index contributed by atoms with van der Waals surface area (Å²) in [5.41, 5.74) is -1.29. The van der Waals surface area contributed by atoms with Gasteiger partial charge < -0.3 is 14.9 Å². The lowest BCUT2D eigenvalue weighted by molar-refractivity contribution is -0.190. The molecule has 1 aromatic carbocycles. The Morgan fingerprint density at radius 2 is 1.66 bits per heavy atom. The summed E-state index contributed by atoms with van der Waals surface area (Å²) in [6.45, 7) is 6.13. The summed E-state index contributed by atoms with van der Waals surface area (Å²) in [5, 5.41) is 21.5. The lowest BCUT2D eigenvalue weighted by Gasteiger charge is -2.63. The summed E-state index contributed by atoms with van der Waals surface area (Å²) in [5.74, 6) is -0.756. The van der Waals surface area contributed by atoms with Crippen LogP contribution in [0.4, 0.5) is 0 Å². The minimum absolute atomic E-state index is 0.0114. The van der Waals surface area contributed by atoms with Crippen LogP contribution in [0.15, 0.2) is 30.3 Å². The average molecular weight is 441 g/mol. The van der Waals surface area contributed by atoms with Crippen LogP contribution in [-0.4, -0.2) is 33.9 Å². The van der Waals surface area contributed by atoms with Crippen LogP contribution in [-0.2, 0) is 9.53 Å². The van der Waals surface area contributed by atoms with Gasteiger partial charge in [0, 0.05) is 5.92 Å². The van der Waals surface area contributed by atoms with E-state index in [0.29, 0.717) is 24.3 Å². The Kier molecular flexibility index (Phi) is 4.84. The number of fused-ring (bicyclic) bond motifs is 4. The van der Waals surface area contributed by atoms with Crippen molar-refractivity contribution >= 4 is 11.9 Å². The molecule has 6 rings (SSSR count). The zero-order valence-electron chi connectivity index (χ0n) is 19.5. The van der Waals surface area contributed by atoms with E-state index in [1.807, 2.05) is 32.0 Å². The number of aliphatic carboxylic acids is 1. The van der Waals surface area contributed by atoms with Crippen LogP contribution < -0.4 is 0 Å². The molecule has 0 amide bonds. The van der Waals surface area contributed by atoms with Crippen molar-refractivity contribution in [3.63, 3.8) is 0 Å². The number of ether oxygens (including phenoxy) is 1. The molecule has 32 heavy (non-hydrogen) atoms. The zero-order chi connectivity index (χ0) is 22.9. The Bertz CT molecular complexity index is 925. The Labute approximate surface area is 190 Å². The molecule has 0 aromatic heterocycles. The highest BCUT2D eigenvalue weighted by Crippen LogP contribution is 2.75. The van der Waals surface area contributed by atoms with Crippen molar-refractivity contribution < 1.29 is 24.5 Å². The third-order valence-electron chi connectivity index (χ3n) is 10.6. The Morgan fingerprint density at radius 1 is 0.938 bits per heavy atom. The molecule has 5 nitrogen and oxygen atoms in total. The minimum Gasteiger partial charge on any atom is -0.481 e. The quantitative estimate of drug-likeness (QED) is 0.641. The molecule has 1 aromatic rings. The van der Waals surface area contributed by atoms with Gasteiger partial charge in [-0.3, -0.25) is 4.79 Å². The molecule has 1 unspecified atom stereocenters. The van der Waals surface area contributed by atoms with Crippen LogP contribution in [0, 0.1) is 34.0 Å². The van der Waals surface area contributed by atoms with Crippen LogP contribution in [0.5, 0.6) is 0 Å². The van der Waals surface area contributed by atoms with Gasteiger partial charge in [0.05, 0.1) is 16.6 Å². The van der Waals surface area contributed by atoms with Gasteiger partial charge in [-0.2, -0.15) is 0 Å². The molecule has 5 saturated carbocycles. The van der Waals surface area contributed by atoms with Crippen molar-refractivity contribution in [3.05, 3.63) is 35.9 Å². The molecule has 174 valence electrons. The van der Waals surface area contributed by atoms with Crippen LogP contribution in [0.25, 0.3) is 0 Å². The number of carboxylic acids is 1. The first-order valence-corrected chi connectivity index (χ1v) is 12.3. The summed E-state index contributed by atoms with van der Waals surface area (Å²) < 4.78 is 6.18. The standard InChI is InChI=1S/C27H36O5/c1-24(23(29)30)11-12-25(2)21(24)20(32-22(28)17-7-5-4-6-8-17)16-19-15-18-9-10-27(19,25)14-13-26(18,3)31/h4-8,18-21,31H,9-16H2,1-3H3,(H,29,30)/t18-,19+,20+,21-,24+,25-,26+,27?/m0/s1. The van der Waals surface area contributed by atoms with E-state index in [1.165, 1.54) is 0 Å². The average Bonchev–Trinajstić information content (AvgIpc) is 2.92. The van der Waals surface area contributed by atoms with E-state index in [9.17, 15) is 19.8 Å². The molecule has 2 N–H and O–H groups in total. The van der Waals surface area contributed by atoms with E-state index < -0.39 is 23.1 Å². The number of hydrogen-bond acceptors (Lipinski definition) is 4. The number of esters is 1. The van der Waals surface area contributed by atoms with Crippen LogP contribution in [0.2, 0.25) is 0 Å². The Balaban J connectivity index is 1.57. The number of carboxylic acid groups (broad SMARTS) is 1. The second-order valence-electron chi connectivity index (χ2n) is 11.8. The number of aliphatic hydroxyl groups is 1. The predicted molar refractivity (Wildman–Crippen MR) is 120 cm³/mol. The van der Waals surface area contributed by atoms with Crippen molar-refractivity contribution in [1.29, 1.82) is 0 Å². The fourth-order valence-corrected chi connectivity index (χ4v) is 8.72. The van der Waals surface area contributed by atoms with Gasteiger partial charge in [0.1, 0.15) is 6.10 Å². The van der Waals surface area contributed by atoms with Crippen LogP contribution in [0.3, 0.4) is 0 Å². The molecule has 5 aliphatic rings. The van der Waals surface area contributed by atoms with E-state index in [4.69, 9.17) is 4.74 Å².